The highest BCUT2D eigenvalue weighted by molar-refractivity contribution is 5.86. The van der Waals surface area contributed by atoms with E-state index in [0.717, 1.165) is 19.4 Å². The molecule has 3 unspecified atom stereocenters. The molecule has 0 saturated carbocycles. The van der Waals surface area contributed by atoms with Gasteiger partial charge in [-0.1, -0.05) is 18.2 Å². The Bertz CT molecular complexity index is 812. The van der Waals surface area contributed by atoms with Crippen LogP contribution in [0.5, 0.6) is 0 Å². The van der Waals surface area contributed by atoms with Crippen molar-refractivity contribution in [3.63, 3.8) is 0 Å². The molecule has 126 valence electrons. The average Bonchev–Trinajstić information content (AvgIpc) is 2.94. The molecule has 0 radical (unpaired) electrons. The molecule has 5 nitrogen and oxygen atoms in total. The zero-order valence-electron chi connectivity index (χ0n) is 13.6. The van der Waals surface area contributed by atoms with Crippen LogP contribution in [0.15, 0.2) is 24.3 Å². The molecule has 0 spiro atoms. The number of hydrogen-bond acceptors (Lipinski definition) is 3. The van der Waals surface area contributed by atoms with Gasteiger partial charge < -0.3 is 14.4 Å². The maximum Gasteiger partial charge on any atom is 0.329 e. The number of benzene rings is 1. The molecule has 5 heteroatoms. The minimum absolute atomic E-state index is 0.158. The fourth-order valence-electron chi connectivity index (χ4n) is 5.22. The number of carbonyl (C=O) groups is 1. The van der Waals surface area contributed by atoms with E-state index in [1.54, 1.807) is 0 Å². The first-order chi connectivity index (χ1) is 11.7. The molecule has 5 rings (SSSR count). The lowest BCUT2D eigenvalue weighted by atomic mass is 9.78. The summed E-state index contributed by atoms with van der Waals surface area (Å²) in [6.07, 6.45) is 4.29. The lowest BCUT2D eigenvalue weighted by Crippen LogP contribution is -2.47. The first kappa shape index (κ1) is 14.5. The minimum Gasteiger partial charge on any atom is -0.480 e. The predicted octanol–water partition coefficient (Wildman–Crippen LogP) is 2.95. The highest BCUT2D eigenvalue weighted by Crippen LogP contribution is 2.51. The van der Waals surface area contributed by atoms with Crippen molar-refractivity contribution in [1.29, 1.82) is 0 Å². The van der Waals surface area contributed by atoms with Crippen LogP contribution in [-0.4, -0.2) is 40.2 Å². The van der Waals surface area contributed by atoms with Crippen LogP contribution in [0.25, 0.3) is 10.9 Å². The Morgan fingerprint density at radius 1 is 1.29 bits per heavy atom. The van der Waals surface area contributed by atoms with E-state index < -0.39 is 5.97 Å². The number of fused-ring (bicyclic) bond motifs is 3. The van der Waals surface area contributed by atoms with Crippen molar-refractivity contribution in [2.75, 3.05) is 19.7 Å². The number of aromatic nitrogens is 1. The van der Waals surface area contributed by atoms with Gasteiger partial charge in [0.05, 0.1) is 11.6 Å². The minimum atomic E-state index is -0.896. The molecule has 3 atom stereocenters. The van der Waals surface area contributed by atoms with E-state index in [2.05, 4.69) is 33.7 Å². The van der Waals surface area contributed by atoms with Gasteiger partial charge in [-0.3, -0.25) is 4.90 Å². The average molecular weight is 326 g/mol. The summed E-state index contributed by atoms with van der Waals surface area (Å²) in [5.41, 5.74) is 4.06. The van der Waals surface area contributed by atoms with E-state index in [0.29, 0.717) is 12.0 Å². The summed E-state index contributed by atoms with van der Waals surface area (Å²) < 4.78 is 8.16. The zero-order valence-corrected chi connectivity index (χ0v) is 13.6. The Labute approximate surface area is 140 Å². The molecule has 24 heavy (non-hydrogen) atoms. The van der Waals surface area contributed by atoms with Crippen LogP contribution in [0.1, 0.15) is 42.8 Å². The van der Waals surface area contributed by atoms with Crippen LogP contribution >= 0.6 is 0 Å². The number of hydrogen-bond donors (Lipinski definition) is 1. The standard InChI is InChI=1S/C19H22N2O3/c22-17(23)11-24-16-10-12-4-3-8-20-9-7-14-13-5-1-2-6-15(13)21(16)19(14)18(12)20/h1-2,5-6,12,16,18H,3-4,7-11H2,(H,22,23). The van der Waals surface area contributed by atoms with Gasteiger partial charge in [0.1, 0.15) is 12.8 Å². The van der Waals surface area contributed by atoms with Gasteiger partial charge in [0.15, 0.2) is 0 Å². The zero-order chi connectivity index (χ0) is 16.3. The molecule has 3 aliphatic rings. The maximum atomic E-state index is 11.0. The van der Waals surface area contributed by atoms with E-state index in [9.17, 15) is 4.79 Å². The molecule has 2 aromatic rings. The van der Waals surface area contributed by atoms with E-state index in [4.69, 9.17) is 9.84 Å². The molecule has 0 amide bonds. The van der Waals surface area contributed by atoms with Gasteiger partial charge in [-0.05, 0) is 49.8 Å². The van der Waals surface area contributed by atoms with Crippen molar-refractivity contribution < 1.29 is 14.6 Å². The fourth-order valence-corrected chi connectivity index (χ4v) is 5.22. The summed E-state index contributed by atoms with van der Waals surface area (Å²) in [7, 11) is 0. The Hall–Kier alpha value is -1.85. The number of carboxylic acid groups (broad SMARTS) is 1. The van der Waals surface area contributed by atoms with E-state index in [-0.39, 0.29) is 12.8 Å². The smallest absolute Gasteiger partial charge is 0.329 e. The second-order valence-electron chi connectivity index (χ2n) is 7.28. The Balaban J connectivity index is 1.70. The van der Waals surface area contributed by atoms with Crippen LogP contribution in [0.2, 0.25) is 0 Å². The van der Waals surface area contributed by atoms with E-state index in [1.807, 2.05) is 0 Å². The summed E-state index contributed by atoms with van der Waals surface area (Å²) in [4.78, 5) is 13.7. The molecule has 4 heterocycles. The van der Waals surface area contributed by atoms with Gasteiger partial charge in [-0.2, -0.15) is 0 Å². The third kappa shape index (κ3) is 1.98. The predicted molar refractivity (Wildman–Crippen MR) is 89.9 cm³/mol. The molecular formula is C19H22N2O3. The summed E-state index contributed by atoms with van der Waals surface area (Å²) in [6.45, 7) is 2.10. The molecule has 1 N–H and O–H groups in total. The normalized spacial score (nSPS) is 28.8. The van der Waals surface area contributed by atoms with Crippen molar-refractivity contribution in [3.8, 4) is 0 Å². The summed E-state index contributed by atoms with van der Waals surface area (Å²) >= 11 is 0. The number of rotatable bonds is 3. The van der Waals surface area contributed by atoms with Crippen molar-refractivity contribution in [3.05, 3.63) is 35.5 Å². The number of para-hydroxylation sites is 1. The third-order valence-corrected chi connectivity index (χ3v) is 6.04. The van der Waals surface area contributed by atoms with Gasteiger partial charge in [-0.15, -0.1) is 0 Å². The van der Waals surface area contributed by atoms with Crippen LogP contribution < -0.4 is 0 Å². The molecule has 3 aliphatic heterocycles. The van der Waals surface area contributed by atoms with Crippen molar-refractivity contribution in [2.24, 2.45) is 5.92 Å². The highest BCUT2D eigenvalue weighted by Gasteiger charge is 2.45. The van der Waals surface area contributed by atoms with Crippen molar-refractivity contribution in [2.45, 2.75) is 38.0 Å². The second-order valence-corrected chi connectivity index (χ2v) is 7.28. The molecule has 1 saturated heterocycles. The van der Waals surface area contributed by atoms with Crippen LogP contribution in [0, 0.1) is 5.92 Å². The summed E-state index contributed by atoms with van der Waals surface area (Å²) in [5.74, 6) is -0.318. The number of ether oxygens (including phenoxy) is 1. The van der Waals surface area contributed by atoms with Crippen molar-refractivity contribution >= 4 is 16.9 Å². The Kier molecular flexibility index (Phi) is 3.22. The number of carboxylic acids is 1. The molecular weight excluding hydrogens is 304 g/mol. The molecule has 0 bridgehead atoms. The number of aliphatic carboxylic acids is 1. The van der Waals surface area contributed by atoms with Gasteiger partial charge in [0, 0.05) is 17.6 Å². The Morgan fingerprint density at radius 3 is 3.04 bits per heavy atom. The first-order valence-corrected chi connectivity index (χ1v) is 8.93. The lowest BCUT2D eigenvalue weighted by Gasteiger charge is -2.49. The molecule has 1 fully saturated rings. The molecule has 1 aromatic carbocycles. The van der Waals surface area contributed by atoms with E-state index >= 15 is 0 Å². The second kappa shape index (κ2) is 5.33. The third-order valence-electron chi connectivity index (χ3n) is 6.04. The maximum absolute atomic E-state index is 11.0. The highest BCUT2D eigenvalue weighted by atomic mass is 16.5. The quantitative estimate of drug-likeness (QED) is 0.942. The van der Waals surface area contributed by atoms with E-state index in [1.165, 1.54) is 41.5 Å². The largest absolute Gasteiger partial charge is 0.480 e. The van der Waals surface area contributed by atoms with Gasteiger partial charge in [-0.25, -0.2) is 4.79 Å². The lowest BCUT2D eigenvalue weighted by molar-refractivity contribution is -0.149. The fraction of sp³-hybridized carbons (Fsp3) is 0.526. The Morgan fingerprint density at radius 2 is 2.17 bits per heavy atom. The van der Waals surface area contributed by atoms with Crippen LogP contribution in [-0.2, 0) is 16.0 Å². The summed E-state index contributed by atoms with van der Waals surface area (Å²) in [5, 5.41) is 10.4. The summed E-state index contributed by atoms with van der Waals surface area (Å²) in [6, 6.07) is 9.01. The van der Waals surface area contributed by atoms with Crippen LogP contribution in [0.4, 0.5) is 0 Å². The van der Waals surface area contributed by atoms with Gasteiger partial charge in [0.2, 0.25) is 0 Å². The van der Waals surface area contributed by atoms with Gasteiger partial charge >= 0.3 is 5.97 Å². The number of piperidine rings is 1. The topological polar surface area (TPSA) is 54.7 Å². The van der Waals surface area contributed by atoms with Gasteiger partial charge in [0.25, 0.3) is 0 Å². The molecule has 0 aliphatic carbocycles. The van der Waals surface area contributed by atoms with Crippen molar-refractivity contribution in [1.82, 2.24) is 9.47 Å². The number of nitrogens with zero attached hydrogens (tertiary/aromatic N) is 2. The first-order valence-electron chi connectivity index (χ1n) is 8.93. The monoisotopic (exact) mass is 326 g/mol. The SMILES string of the molecule is O=C(O)COC1CC2CCCN3CCc4c(n1c1ccccc41)C23. The van der Waals surface area contributed by atoms with Crippen LogP contribution in [0.3, 0.4) is 0 Å². The molecule has 1 aromatic heterocycles.